The highest BCUT2D eigenvalue weighted by atomic mass is 31.2. The summed E-state index contributed by atoms with van der Waals surface area (Å²) in [5.74, 6) is -0.497. The number of rotatable bonds is 62. The molecule has 3 atom stereocenters. The molecule has 0 aromatic carbocycles. The Morgan fingerprint density at radius 2 is 0.790 bits per heavy atom. The zero-order valence-electron chi connectivity index (χ0n) is 54.0. The first kappa shape index (κ1) is 78.5. The van der Waals surface area contributed by atoms with Crippen LogP contribution in [0.2, 0.25) is 0 Å². The van der Waals surface area contributed by atoms with Gasteiger partial charge in [-0.1, -0.05) is 299 Å². The average Bonchev–Trinajstić information content (AvgIpc) is 3.44. The number of nitrogens with zero attached hydrogens (tertiary/aromatic N) is 1. The summed E-state index contributed by atoms with van der Waals surface area (Å²) < 4.78 is 30.8. The highest BCUT2D eigenvalue weighted by Gasteiger charge is 2.30. The number of phosphoric acid groups is 1. The number of nitrogens with one attached hydrogen (secondary N) is 1. The smallest absolute Gasteiger partial charge is 0.456 e. The number of hydrogen-bond acceptors (Lipinski definition) is 6. The Kier molecular flexibility index (Phi) is 58.7. The molecule has 0 spiro atoms. The Labute approximate surface area is 502 Å². The van der Waals surface area contributed by atoms with Crippen molar-refractivity contribution in [3.05, 3.63) is 72.9 Å². The zero-order chi connectivity index (χ0) is 59.3. The molecule has 0 heterocycles. The van der Waals surface area contributed by atoms with Crippen LogP contribution in [0.1, 0.15) is 316 Å². The van der Waals surface area contributed by atoms with Gasteiger partial charge in [-0.05, 0) is 76.7 Å². The molecule has 0 rings (SSSR count). The van der Waals surface area contributed by atoms with Crippen LogP contribution in [0.15, 0.2) is 72.9 Å². The lowest BCUT2D eigenvalue weighted by atomic mass is 10.0. The molecule has 0 saturated heterocycles. The van der Waals surface area contributed by atoms with Crippen molar-refractivity contribution in [1.29, 1.82) is 0 Å². The van der Waals surface area contributed by atoms with Gasteiger partial charge in [-0.3, -0.25) is 18.6 Å². The van der Waals surface area contributed by atoms with Gasteiger partial charge in [0.25, 0.3) is 0 Å². The van der Waals surface area contributed by atoms with Crippen LogP contribution >= 0.6 is 7.82 Å². The van der Waals surface area contributed by atoms with Gasteiger partial charge in [-0.15, -0.1) is 0 Å². The highest BCUT2D eigenvalue weighted by molar-refractivity contribution is 7.47. The maximum atomic E-state index is 13.6. The minimum absolute atomic E-state index is 0.0395. The van der Waals surface area contributed by atoms with Crippen molar-refractivity contribution in [2.24, 2.45) is 0 Å². The first-order valence-electron chi connectivity index (χ1n) is 34.3. The van der Waals surface area contributed by atoms with E-state index in [1.807, 2.05) is 33.3 Å². The van der Waals surface area contributed by atoms with E-state index in [4.69, 9.17) is 13.8 Å². The molecular formula is C71H132N2O7P+. The van der Waals surface area contributed by atoms with E-state index in [0.29, 0.717) is 23.9 Å². The van der Waals surface area contributed by atoms with Gasteiger partial charge in [0.2, 0.25) is 5.91 Å². The van der Waals surface area contributed by atoms with Crippen LogP contribution in [-0.4, -0.2) is 74.3 Å². The quantitative estimate of drug-likeness (QED) is 0.0205. The van der Waals surface area contributed by atoms with Gasteiger partial charge in [0.15, 0.2) is 0 Å². The van der Waals surface area contributed by atoms with Crippen LogP contribution in [-0.2, 0) is 27.9 Å². The van der Waals surface area contributed by atoms with Gasteiger partial charge in [-0.2, -0.15) is 0 Å². The predicted octanol–water partition coefficient (Wildman–Crippen LogP) is 21.6. The summed E-state index contributed by atoms with van der Waals surface area (Å²) in [6, 6.07) is -0.850. The van der Waals surface area contributed by atoms with E-state index >= 15 is 0 Å². The molecule has 0 bridgehead atoms. The Balaban J connectivity index is 5.08. The molecular weight excluding hydrogens is 1020 g/mol. The molecule has 3 unspecified atom stereocenters. The van der Waals surface area contributed by atoms with Crippen molar-refractivity contribution in [2.45, 2.75) is 328 Å². The average molecular weight is 1160 g/mol. The topological polar surface area (TPSA) is 111 Å². The predicted molar refractivity (Wildman–Crippen MR) is 351 cm³/mol. The van der Waals surface area contributed by atoms with E-state index in [1.165, 1.54) is 193 Å². The van der Waals surface area contributed by atoms with Crippen molar-refractivity contribution >= 4 is 19.7 Å². The summed E-state index contributed by atoms with van der Waals surface area (Å²) in [4.78, 5) is 37.8. The summed E-state index contributed by atoms with van der Waals surface area (Å²) in [5, 5.41) is 3.07. The fourth-order valence-corrected chi connectivity index (χ4v) is 10.6. The van der Waals surface area contributed by atoms with E-state index in [-0.39, 0.29) is 25.1 Å². The molecule has 2 N–H and O–H groups in total. The number of esters is 1. The molecule has 10 heteroatoms. The number of allylic oxidation sites excluding steroid dienone is 11. The van der Waals surface area contributed by atoms with Crippen molar-refractivity contribution in [3.8, 4) is 0 Å². The Morgan fingerprint density at radius 3 is 1.19 bits per heavy atom. The molecule has 0 aliphatic rings. The van der Waals surface area contributed by atoms with Crippen molar-refractivity contribution in [1.82, 2.24) is 5.32 Å². The van der Waals surface area contributed by atoms with Crippen LogP contribution in [0.4, 0.5) is 0 Å². The summed E-state index contributed by atoms with van der Waals surface area (Å²) in [5.41, 5.74) is 0. The number of phosphoric ester groups is 1. The monoisotopic (exact) mass is 1160 g/mol. The maximum absolute atomic E-state index is 13.6. The SMILES string of the molecule is CC/C=C\C/C=C\C/C=C\C/C=C\C/C=C\CCCCCCCCCCCCCC(=O)NC(COP(=O)(O)OCC[N+](C)(C)C)C(/C=C\CCCCCCCCCCCCC)OC(=O)CCCCCCCCCCCCCCCCC. The van der Waals surface area contributed by atoms with Gasteiger partial charge >= 0.3 is 13.8 Å². The fourth-order valence-electron chi connectivity index (χ4n) is 9.91. The van der Waals surface area contributed by atoms with Crippen LogP contribution in [0.25, 0.3) is 0 Å². The molecule has 81 heavy (non-hydrogen) atoms. The second-order valence-corrected chi connectivity index (χ2v) is 25.8. The summed E-state index contributed by atoms with van der Waals surface area (Å²) >= 11 is 0. The standard InChI is InChI=1S/C71H131N2O7P/c1-7-10-13-16-19-22-25-28-30-31-32-33-34-35-36-37-38-39-40-41-43-45-48-51-54-57-60-63-70(74)72-68(67-79-81(76,77)78-66-65-73(4,5)6)69(62-59-56-53-50-47-44-27-24-21-18-15-12-9-3)80-71(75)64-61-58-55-52-49-46-42-29-26-23-20-17-14-11-8-2/h10,13,19,22,28,30,32-33,35-36,59,62,68-69H,7-9,11-12,14-18,20-21,23-27,29,31,34,37-58,60-61,63-67H2,1-6H3,(H-,72,74,76,77)/p+1/b13-10-,22-19-,30-28-,33-32-,36-35-,62-59-. The zero-order valence-corrected chi connectivity index (χ0v) is 54.9. The minimum Gasteiger partial charge on any atom is -0.456 e. The maximum Gasteiger partial charge on any atom is 0.472 e. The van der Waals surface area contributed by atoms with Crippen LogP contribution in [0, 0.1) is 0 Å². The lowest BCUT2D eigenvalue weighted by molar-refractivity contribution is -0.870. The third-order valence-electron chi connectivity index (χ3n) is 15.2. The molecule has 9 nitrogen and oxygen atoms in total. The Bertz CT molecular complexity index is 1620. The van der Waals surface area contributed by atoms with Gasteiger partial charge in [0.05, 0.1) is 33.8 Å². The molecule has 1 amide bonds. The van der Waals surface area contributed by atoms with Gasteiger partial charge in [0, 0.05) is 12.8 Å². The number of hydrogen-bond donors (Lipinski definition) is 2. The van der Waals surface area contributed by atoms with Gasteiger partial charge < -0.3 is 19.4 Å². The lowest BCUT2D eigenvalue weighted by Gasteiger charge is -2.27. The molecule has 0 radical (unpaired) electrons. The summed E-state index contributed by atoms with van der Waals surface area (Å²) in [6.07, 6.45) is 79.0. The number of carbonyl (C=O) groups excluding carboxylic acids is 2. The lowest BCUT2D eigenvalue weighted by Crippen LogP contribution is -2.47. The second kappa shape index (κ2) is 60.6. The third-order valence-corrected chi connectivity index (χ3v) is 16.1. The normalized spacial score (nSPS) is 14.0. The number of likely N-dealkylation sites (N-methyl/N-ethyl adjacent to an activating group) is 1. The Morgan fingerprint density at radius 1 is 0.444 bits per heavy atom. The fraction of sp³-hybridized carbons (Fsp3) is 0.803. The molecule has 0 aliphatic carbocycles. The highest BCUT2D eigenvalue weighted by Crippen LogP contribution is 2.43. The number of unbranched alkanes of at least 4 members (excludes halogenated alkanes) is 36. The molecule has 0 aromatic rings. The van der Waals surface area contributed by atoms with Crippen molar-refractivity contribution < 1.29 is 37.3 Å². The Hall–Kier alpha value is -2.55. The largest absolute Gasteiger partial charge is 0.472 e. The molecule has 0 aromatic heterocycles. The van der Waals surface area contributed by atoms with E-state index < -0.39 is 20.0 Å². The van der Waals surface area contributed by atoms with E-state index in [2.05, 4.69) is 86.8 Å². The first-order chi connectivity index (χ1) is 39.4. The summed E-state index contributed by atoms with van der Waals surface area (Å²) in [7, 11) is 1.50. The minimum atomic E-state index is -4.45. The molecule has 0 fully saturated rings. The van der Waals surface area contributed by atoms with Crippen molar-refractivity contribution in [2.75, 3.05) is 40.9 Å². The van der Waals surface area contributed by atoms with Crippen LogP contribution in [0.3, 0.4) is 0 Å². The second-order valence-electron chi connectivity index (χ2n) is 24.3. The van der Waals surface area contributed by atoms with E-state index in [0.717, 1.165) is 89.9 Å². The molecule has 472 valence electrons. The number of carbonyl (C=O) groups is 2. The van der Waals surface area contributed by atoms with Crippen LogP contribution < -0.4 is 5.32 Å². The van der Waals surface area contributed by atoms with E-state index in [1.54, 1.807) is 0 Å². The van der Waals surface area contributed by atoms with Gasteiger partial charge in [0.1, 0.15) is 19.3 Å². The number of amides is 1. The summed E-state index contributed by atoms with van der Waals surface area (Å²) in [6.45, 7) is 6.93. The van der Waals surface area contributed by atoms with Crippen molar-refractivity contribution in [3.63, 3.8) is 0 Å². The molecule has 0 saturated carbocycles. The van der Waals surface area contributed by atoms with E-state index in [9.17, 15) is 19.0 Å². The third kappa shape index (κ3) is 61.8. The molecule has 0 aliphatic heterocycles. The number of quaternary nitrogens is 1. The van der Waals surface area contributed by atoms with Crippen LogP contribution in [0.5, 0.6) is 0 Å². The first-order valence-corrected chi connectivity index (χ1v) is 35.8. The number of ether oxygens (including phenoxy) is 1. The van der Waals surface area contributed by atoms with Gasteiger partial charge in [-0.25, -0.2) is 4.57 Å².